The van der Waals surface area contributed by atoms with E-state index in [2.05, 4.69) is 15.2 Å². The van der Waals surface area contributed by atoms with E-state index in [0.717, 1.165) is 0 Å². The van der Waals surface area contributed by atoms with Crippen LogP contribution in [-0.2, 0) is 9.53 Å². The number of hydrogen-bond donors (Lipinski definition) is 0. The smallest absolute Gasteiger partial charge is 0.354 e. The van der Waals surface area contributed by atoms with Gasteiger partial charge in [-0.3, -0.25) is 4.90 Å². The van der Waals surface area contributed by atoms with Crippen LogP contribution >= 0.6 is 0 Å². The van der Waals surface area contributed by atoms with E-state index in [1.807, 2.05) is 0 Å². The Kier molecular flexibility index (Phi) is 2.44. The topological polar surface area (TPSA) is 76.4 Å². The zero-order valence-corrected chi connectivity index (χ0v) is 9.61. The van der Waals surface area contributed by atoms with E-state index in [-0.39, 0.29) is 0 Å². The van der Waals surface area contributed by atoms with E-state index in [0.29, 0.717) is 24.0 Å². The quantitative estimate of drug-likeness (QED) is 0.738. The van der Waals surface area contributed by atoms with Gasteiger partial charge in [0.1, 0.15) is 11.9 Å². The third-order valence-corrected chi connectivity index (χ3v) is 2.54. The molecule has 0 radical (unpaired) electrons. The predicted molar refractivity (Wildman–Crippen MR) is 60.7 cm³/mol. The number of hydrogen-bond acceptors (Lipinski definition) is 7. The van der Waals surface area contributed by atoms with Crippen molar-refractivity contribution in [2.75, 3.05) is 11.5 Å². The lowest BCUT2D eigenvalue weighted by Crippen LogP contribution is -2.38. The van der Waals surface area contributed by atoms with Gasteiger partial charge in [0.25, 0.3) is 0 Å². The van der Waals surface area contributed by atoms with Crippen LogP contribution < -0.4 is 9.64 Å². The molecule has 3 rings (SSSR count). The predicted octanol–water partition coefficient (Wildman–Crippen LogP) is 1.43. The van der Waals surface area contributed by atoms with Crippen molar-refractivity contribution in [3.63, 3.8) is 0 Å². The van der Waals surface area contributed by atoms with Gasteiger partial charge in [-0.15, -0.1) is 10.2 Å². The maximum Gasteiger partial charge on any atom is 0.354 e. The van der Waals surface area contributed by atoms with E-state index in [1.54, 1.807) is 30.2 Å². The summed E-state index contributed by atoms with van der Waals surface area (Å²) in [5, 5.41) is 7.80. The third-order valence-electron chi connectivity index (χ3n) is 2.54. The molecule has 0 aromatic carbocycles. The number of rotatable bonds is 2. The molecule has 1 aromatic rings. The van der Waals surface area contributed by atoms with Gasteiger partial charge in [0.15, 0.2) is 5.82 Å². The molecule has 0 aliphatic carbocycles. The molecule has 92 valence electrons. The van der Waals surface area contributed by atoms with Crippen LogP contribution in [-0.4, -0.2) is 23.7 Å². The summed E-state index contributed by atoms with van der Waals surface area (Å²) in [6.07, 6.45) is 2.22. The largest absolute Gasteiger partial charge is 0.463 e. The minimum Gasteiger partial charge on any atom is -0.463 e. The summed E-state index contributed by atoms with van der Waals surface area (Å²) in [4.78, 5) is 17.5. The van der Waals surface area contributed by atoms with Crippen molar-refractivity contribution in [1.82, 2.24) is 4.98 Å². The summed E-state index contributed by atoms with van der Waals surface area (Å²) >= 11 is 0. The van der Waals surface area contributed by atoms with E-state index in [4.69, 9.17) is 9.47 Å². The second kappa shape index (κ2) is 4.10. The van der Waals surface area contributed by atoms with Crippen LogP contribution in [0.25, 0.3) is 0 Å². The summed E-state index contributed by atoms with van der Waals surface area (Å²) < 4.78 is 10.3. The maximum atomic E-state index is 11.8. The van der Waals surface area contributed by atoms with Crippen LogP contribution in [0.3, 0.4) is 0 Å². The van der Waals surface area contributed by atoms with Gasteiger partial charge >= 0.3 is 5.97 Å². The number of pyridine rings is 1. The summed E-state index contributed by atoms with van der Waals surface area (Å²) in [7, 11) is 0. The molecule has 1 aromatic heterocycles. The lowest BCUT2D eigenvalue weighted by atomic mass is 10.3. The van der Waals surface area contributed by atoms with Gasteiger partial charge in [-0.2, -0.15) is 0 Å². The Morgan fingerprint density at radius 1 is 1.61 bits per heavy atom. The second-order valence-electron chi connectivity index (χ2n) is 3.63. The summed E-state index contributed by atoms with van der Waals surface area (Å²) in [6, 6.07) is 3.55. The van der Waals surface area contributed by atoms with E-state index < -0.39 is 12.1 Å². The first-order valence-corrected chi connectivity index (χ1v) is 5.50. The maximum absolute atomic E-state index is 11.8. The summed E-state index contributed by atoms with van der Waals surface area (Å²) in [6.45, 7) is 2.05. The molecular weight excluding hydrogens is 236 g/mol. The van der Waals surface area contributed by atoms with Crippen LogP contribution in [0.4, 0.5) is 5.69 Å². The van der Waals surface area contributed by atoms with Crippen molar-refractivity contribution in [1.29, 1.82) is 0 Å². The lowest BCUT2D eigenvalue weighted by Gasteiger charge is -2.26. The molecule has 1 atom stereocenters. The van der Waals surface area contributed by atoms with E-state index in [1.165, 1.54) is 6.26 Å². The molecular formula is C11H10N4O3. The van der Waals surface area contributed by atoms with Crippen LogP contribution in [0.2, 0.25) is 0 Å². The molecule has 0 saturated carbocycles. The molecule has 0 bridgehead atoms. The highest BCUT2D eigenvalue weighted by Crippen LogP contribution is 2.38. The molecule has 7 nitrogen and oxygen atoms in total. The van der Waals surface area contributed by atoms with Gasteiger partial charge in [-0.05, 0) is 19.1 Å². The van der Waals surface area contributed by atoms with Gasteiger partial charge in [-0.1, -0.05) is 0 Å². The zero-order chi connectivity index (χ0) is 12.5. The molecule has 2 aliphatic rings. The molecule has 0 amide bonds. The Balaban J connectivity index is 1.98. The highest BCUT2D eigenvalue weighted by atomic mass is 16.5. The van der Waals surface area contributed by atoms with Gasteiger partial charge in [0.2, 0.25) is 12.0 Å². The van der Waals surface area contributed by atoms with Gasteiger partial charge in [0.05, 0.1) is 6.61 Å². The highest BCUT2D eigenvalue weighted by Gasteiger charge is 2.38. The fourth-order valence-electron chi connectivity index (χ4n) is 1.81. The number of anilines is 1. The molecule has 7 heteroatoms. The minimum atomic E-state index is -0.803. The minimum absolute atomic E-state index is 0.300. The van der Waals surface area contributed by atoms with Crippen molar-refractivity contribution in [2.45, 2.75) is 13.1 Å². The summed E-state index contributed by atoms with van der Waals surface area (Å²) in [5.74, 6) is 0.442. The molecule has 0 spiro atoms. The van der Waals surface area contributed by atoms with Gasteiger partial charge < -0.3 is 9.47 Å². The van der Waals surface area contributed by atoms with Crippen molar-refractivity contribution >= 4 is 11.7 Å². The fourth-order valence-corrected chi connectivity index (χ4v) is 1.81. The number of esters is 1. The first kappa shape index (κ1) is 10.7. The Bertz CT molecular complexity index is 555. The SMILES string of the molecule is CCOC(=O)C1N=NC2=COc3ncccc3N21. The first-order valence-electron chi connectivity index (χ1n) is 5.50. The Morgan fingerprint density at radius 3 is 3.33 bits per heavy atom. The standard InChI is InChI=1S/C11H10N4O3/c1-2-17-11(16)9-14-13-8-6-18-10-7(15(8)9)4-3-5-12-10/h3-6,9H,2H2,1H3. The van der Waals surface area contributed by atoms with Crippen LogP contribution in [0.5, 0.6) is 5.88 Å². The molecule has 3 heterocycles. The summed E-state index contributed by atoms with van der Waals surface area (Å²) in [5.41, 5.74) is 0.651. The van der Waals surface area contributed by atoms with Crippen molar-refractivity contribution in [3.8, 4) is 5.88 Å². The zero-order valence-electron chi connectivity index (χ0n) is 9.61. The number of carbonyl (C=O) groups is 1. The van der Waals surface area contributed by atoms with Crippen LogP contribution in [0.1, 0.15) is 6.92 Å². The van der Waals surface area contributed by atoms with E-state index in [9.17, 15) is 4.79 Å². The Morgan fingerprint density at radius 2 is 2.50 bits per heavy atom. The number of ether oxygens (including phenoxy) is 2. The monoisotopic (exact) mass is 246 g/mol. The Labute approximate surface area is 103 Å². The number of carbonyl (C=O) groups excluding carboxylic acids is 1. The van der Waals surface area contributed by atoms with E-state index >= 15 is 0 Å². The molecule has 0 saturated heterocycles. The number of aromatic nitrogens is 1. The molecule has 18 heavy (non-hydrogen) atoms. The number of nitrogens with zero attached hydrogens (tertiary/aromatic N) is 4. The normalized spacial score (nSPS) is 19.7. The third kappa shape index (κ3) is 1.52. The fraction of sp³-hybridized carbons (Fsp3) is 0.273. The van der Waals surface area contributed by atoms with Crippen LogP contribution in [0, 0.1) is 0 Å². The molecule has 1 unspecified atom stereocenters. The second-order valence-corrected chi connectivity index (χ2v) is 3.63. The Hall–Kier alpha value is -2.44. The van der Waals surface area contributed by atoms with Crippen molar-refractivity contribution in [3.05, 3.63) is 30.4 Å². The number of fused-ring (bicyclic) bond motifs is 3. The molecule has 0 N–H and O–H groups in total. The lowest BCUT2D eigenvalue weighted by molar-refractivity contribution is -0.144. The number of azo groups is 1. The molecule has 2 aliphatic heterocycles. The van der Waals surface area contributed by atoms with Crippen molar-refractivity contribution in [2.24, 2.45) is 10.2 Å². The van der Waals surface area contributed by atoms with Crippen molar-refractivity contribution < 1.29 is 14.3 Å². The first-order chi connectivity index (χ1) is 8.81. The van der Waals surface area contributed by atoms with Gasteiger partial charge in [-0.25, -0.2) is 9.78 Å². The average Bonchev–Trinajstić information content (AvgIpc) is 2.83. The van der Waals surface area contributed by atoms with Crippen LogP contribution in [0.15, 0.2) is 40.6 Å². The average molecular weight is 246 g/mol. The molecule has 0 fully saturated rings. The van der Waals surface area contributed by atoms with Gasteiger partial charge in [0, 0.05) is 6.20 Å². The highest BCUT2D eigenvalue weighted by molar-refractivity contribution is 5.83.